The Morgan fingerprint density at radius 3 is 2.14 bits per heavy atom. The molecule has 0 rings (SSSR count). The van der Waals surface area contributed by atoms with Gasteiger partial charge in [0, 0.05) is 0 Å². The van der Waals surface area contributed by atoms with Gasteiger partial charge in [-0.1, -0.05) is 0 Å². The Bertz CT molecular complexity index is 82.1. The van der Waals surface area contributed by atoms with Gasteiger partial charge in [-0.15, -0.1) is 0 Å². The average Bonchev–Trinajstić information content (AvgIpc) is 1.65. The van der Waals surface area contributed by atoms with Crippen LogP contribution in [0.15, 0.2) is 9.50 Å². The van der Waals surface area contributed by atoms with Gasteiger partial charge in [0.25, 0.3) is 0 Å². The zero-order valence-corrected chi connectivity index (χ0v) is 6.96. The summed E-state index contributed by atoms with van der Waals surface area (Å²) in [5.41, 5.74) is 0. The molecule has 0 amide bonds. The Morgan fingerprint density at radius 2 is 2.14 bits per heavy atom. The van der Waals surface area contributed by atoms with Crippen LogP contribution in [0.5, 0.6) is 0 Å². The van der Waals surface area contributed by atoms with Crippen molar-refractivity contribution in [2.45, 2.75) is 20.3 Å². The van der Waals surface area contributed by atoms with Gasteiger partial charge >= 0.3 is 57.4 Å². The molecule has 0 heterocycles. The minimum absolute atomic E-state index is 0.931. The predicted molar refractivity (Wildman–Crippen MR) is 34.6 cm³/mol. The minimum atomic E-state index is 0.931. The van der Waals surface area contributed by atoms with Gasteiger partial charge in [0.2, 0.25) is 0 Å². The van der Waals surface area contributed by atoms with Gasteiger partial charge in [-0.2, -0.15) is 0 Å². The van der Waals surface area contributed by atoms with Crippen molar-refractivity contribution in [2.75, 3.05) is 0 Å². The van der Waals surface area contributed by atoms with Crippen molar-refractivity contribution in [1.82, 2.24) is 0 Å². The van der Waals surface area contributed by atoms with Crippen LogP contribution >= 0.6 is 11.6 Å². The Balaban J connectivity index is 3.72. The topological polar surface area (TPSA) is 0 Å². The maximum absolute atomic E-state index is 5.65. The predicted octanol–water partition coefficient (Wildman–Crippen LogP) is 2.04. The molecule has 1 radical (unpaired) electrons. The van der Waals surface area contributed by atoms with Gasteiger partial charge in [-0.3, -0.25) is 0 Å². The van der Waals surface area contributed by atoms with Crippen molar-refractivity contribution >= 4 is 27.6 Å². The van der Waals surface area contributed by atoms with E-state index in [0.29, 0.717) is 0 Å². The van der Waals surface area contributed by atoms with E-state index in [1.54, 1.807) is 0 Å². The summed E-state index contributed by atoms with van der Waals surface area (Å²) in [5.74, 6) is 0. The SMILES string of the molecule is CC/C(Cl)=C(\C)[Se]. The fourth-order valence-electron chi connectivity index (χ4n) is 0.249. The van der Waals surface area contributed by atoms with Crippen molar-refractivity contribution in [2.24, 2.45) is 0 Å². The first-order valence-electron chi connectivity index (χ1n) is 2.20. The fraction of sp³-hybridized carbons (Fsp3) is 0.600. The van der Waals surface area contributed by atoms with Gasteiger partial charge in [0.05, 0.1) is 0 Å². The van der Waals surface area contributed by atoms with Gasteiger partial charge in [-0.05, 0) is 0 Å². The summed E-state index contributed by atoms with van der Waals surface area (Å²) in [5, 5.41) is 0.931. The van der Waals surface area contributed by atoms with E-state index in [4.69, 9.17) is 11.6 Å². The molecule has 0 aliphatic heterocycles. The molecular formula is C5H8ClSe. The van der Waals surface area contributed by atoms with Crippen molar-refractivity contribution in [3.63, 3.8) is 0 Å². The number of allylic oxidation sites excluding steroid dienone is 2. The normalized spacial score (nSPS) is 13.6. The molecular weight excluding hydrogens is 174 g/mol. The maximum atomic E-state index is 5.65. The fourth-order valence-corrected chi connectivity index (χ4v) is 0.552. The van der Waals surface area contributed by atoms with Gasteiger partial charge in [0.15, 0.2) is 0 Å². The summed E-state index contributed by atoms with van der Waals surface area (Å²) in [6.45, 7) is 4.00. The van der Waals surface area contributed by atoms with Crippen LogP contribution in [-0.4, -0.2) is 16.0 Å². The van der Waals surface area contributed by atoms with Gasteiger partial charge < -0.3 is 0 Å². The zero-order chi connectivity index (χ0) is 5.86. The van der Waals surface area contributed by atoms with Crippen LogP contribution in [0.25, 0.3) is 0 Å². The van der Waals surface area contributed by atoms with Crippen LogP contribution in [-0.2, 0) is 0 Å². The molecule has 0 nitrogen and oxygen atoms in total. The quantitative estimate of drug-likeness (QED) is 0.545. The van der Waals surface area contributed by atoms with Crippen molar-refractivity contribution in [1.29, 1.82) is 0 Å². The number of halogens is 1. The zero-order valence-electron chi connectivity index (χ0n) is 4.49. The summed E-state index contributed by atoms with van der Waals surface area (Å²) in [4.78, 5) is 0. The number of hydrogen-bond donors (Lipinski definition) is 0. The van der Waals surface area contributed by atoms with Crippen molar-refractivity contribution in [3.8, 4) is 0 Å². The van der Waals surface area contributed by atoms with Crippen LogP contribution in [0.2, 0.25) is 0 Å². The van der Waals surface area contributed by atoms with Gasteiger partial charge in [0.1, 0.15) is 0 Å². The third-order valence-corrected chi connectivity index (χ3v) is 2.01. The summed E-state index contributed by atoms with van der Waals surface area (Å²) in [7, 11) is 0. The second kappa shape index (κ2) is 3.54. The molecule has 0 aromatic carbocycles. The molecule has 41 valence electrons. The molecule has 0 bridgehead atoms. The van der Waals surface area contributed by atoms with E-state index in [-0.39, 0.29) is 0 Å². The van der Waals surface area contributed by atoms with Crippen LogP contribution < -0.4 is 0 Å². The third kappa shape index (κ3) is 3.16. The van der Waals surface area contributed by atoms with Crippen LogP contribution in [0, 0.1) is 0 Å². The molecule has 0 aliphatic carbocycles. The van der Waals surface area contributed by atoms with Crippen LogP contribution in [0.4, 0.5) is 0 Å². The molecule has 2 heteroatoms. The van der Waals surface area contributed by atoms with E-state index in [0.717, 1.165) is 15.9 Å². The van der Waals surface area contributed by atoms with Crippen molar-refractivity contribution in [3.05, 3.63) is 9.50 Å². The first kappa shape index (κ1) is 7.55. The standard InChI is InChI=1S/C5H8ClSe/c1-3-5(6)4(2)7/h3H2,1-2H3/b5-4-. The Morgan fingerprint density at radius 1 is 1.71 bits per heavy atom. The average molecular weight is 183 g/mol. The van der Waals surface area contributed by atoms with E-state index >= 15 is 0 Å². The molecule has 0 spiro atoms. The van der Waals surface area contributed by atoms with Crippen LogP contribution in [0.3, 0.4) is 0 Å². The van der Waals surface area contributed by atoms with E-state index < -0.39 is 0 Å². The molecule has 7 heavy (non-hydrogen) atoms. The molecule has 0 unspecified atom stereocenters. The molecule has 0 N–H and O–H groups in total. The number of hydrogen-bond acceptors (Lipinski definition) is 0. The third-order valence-electron chi connectivity index (χ3n) is 0.692. The van der Waals surface area contributed by atoms with Crippen LogP contribution in [0.1, 0.15) is 20.3 Å². The van der Waals surface area contributed by atoms with E-state index in [1.165, 1.54) is 0 Å². The first-order valence-corrected chi connectivity index (χ1v) is 3.44. The summed E-state index contributed by atoms with van der Waals surface area (Å²) in [6.07, 6.45) is 0.931. The van der Waals surface area contributed by atoms with E-state index in [2.05, 4.69) is 16.0 Å². The van der Waals surface area contributed by atoms with Crippen molar-refractivity contribution < 1.29 is 0 Å². The Hall–Kier alpha value is 0.549. The molecule has 0 saturated carbocycles. The molecule has 0 aromatic heterocycles. The van der Waals surface area contributed by atoms with E-state index in [9.17, 15) is 0 Å². The molecule has 0 atom stereocenters. The Kier molecular flexibility index (Phi) is 3.82. The summed E-state index contributed by atoms with van der Waals surface area (Å²) >= 11 is 8.49. The molecule has 0 aromatic rings. The Labute approximate surface area is 57.7 Å². The molecule has 0 fully saturated rings. The van der Waals surface area contributed by atoms with Gasteiger partial charge in [-0.25, -0.2) is 0 Å². The monoisotopic (exact) mass is 183 g/mol. The molecule has 0 saturated heterocycles. The number of rotatable bonds is 1. The second-order valence-corrected chi connectivity index (χ2v) is 3.06. The summed E-state index contributed by atoms with van der Waals surface area (Å²) < 4.78 is 1.10. The second-order valence-electron chi connectivity index (χ2n) is 1.31. The first-order chi connectivity index (χ1) is 3.18. The summed E-state index contributed by atoms with van der Waals surface area (Å²) in [6, 6.07) is 0. The molecule has 0 aliphatic rings. The van der Waals surface area contributed by atoms with E-state index in [1.807, 2.05) is 13.8 Å².